The van der Waals surface area contributed by atoms with E-state index < -0.39 is 0 Å². The summed E-state index contributed by atoms with van der Waals surface area (Å²) in [6, 6.07) is 5.90. The van der Waals surface area contributed by atoms with Crippen LogP contribution in [0.1, 0.15) is 30.4 Å². The largest absolute Gasteiger partial charge is 0.312 e. The van der Waals surface area contributed by atoms with E-state index >= 15 is 0 Å². The highest BCUT2D eigenvalue weighted by atomic mass is 16.2. The molecule has 1 aromatic rings. The van der Waals surface area contributed by atoms with Crippen molar-refractivity contribution in [2.75, 3.05) is 11.4 Å². The number of piperidine rings is 1. The zero-order valence-electron chi connectivity index (χ0n) is 10.2. The van der Waals surface area contributed by atoms with E-state index in [1.807, 2.05) is 18.2 Å². The number of rotatable bonds is 1. The molecule has 0 atom stereocenters. The molecule has 0 bridgehead atoms. The number of carbonyl (C=O) groups is 2. The smallest absolute Gasteiger partial charge is 0.233 e. The third kappa shape index (κ3) is 1.93. The van der Waals surface area contributed by atoms with Gasteiger partial charge in [-0.15, -0.1) is 0 Å². The van der Waals surface area contributed by atoms with Gasteiger partial charge in [0.2, 0.25) is 11.8 Å². The second-order valence-electron chi connectivity index (χ2n) is 4.86. The first-order valence-electron chi connectivity index (χ1n) is 6.44. The zero-order chi connectivity index (χ0) is 12.5. The zero-order valence-corrected chi connectivity index (χ0v) is 10.2. The number of hydrogen-bond donors (Lipinski definition) is 1. The van der Waals surface area contributed by atoms with Crippen LogP contribution in [0.4, 0.5) is 5.69 Å². The minimum Gasteiger partial charge on any atom is -0.312 e. The highest BCUT2D eigenvalue weighted by molar-refractivity contribution is 6.16. The summed E-state index contributed by atoms with van der Waals surface area (Å²) in [4.78, 5) is 25.1. The molecule has 0 unspecified atom stereocenters. The van der Waals surface area contributed by atoms with Gasteiger partial charge in [-0.25, -0.2) is 0 Å². The molecule has 18 heavy (non-hydrogen) atoms. The number of amides is 2. The maximum atomic E-state index is 11.9. The summed E-state index contributed by atoms with van der Waals surface area (Å²) in [6.45, 7) is 1.83. The van der Waals surface area contributed by atoms with Gasteiger partial charge in [0.05, 0.1) is 5.69 Å². The lowest BCUT2D eigenvalue weighted by molar-refractivity contribution is -0.129. The molecule has 1 aromatic carbocycles. The standard InChI is InChI=1S/C14H16N2O2/c17-13-2-1-3-14(18)16(13)12-5-4-11-9-15-7-6-10(11)8-12/h4-5,8,15H,1-3,6-7,9H2. The van der Waals surface area contributed by atoms with E-state index in [2.05, 4.69) is 5.32 Å². The number of nitrogens with zero attached hydrogens (tertiary/aromatic N) is 1. The molecule has 0 aromatic heterocycles. The van der Waals surface area contributed by atoms with Crippen molar-refractivity contribution in [3.05, 3.63) is 29.3 Å². The number of anilines is 1. The van der Waals surface area contributed by atoms with Crippen LogP contribution in [0.2, 0.25) is 0 Å². The van der Waals surface area contributed by atoms with Crippen LogP contribution in [0.5, 0.6) is 0 Å². The van der Waals surface area contributed by atoms with Crippen molar-refractivity contribution in [3.63, 3.8) is 0 Å². The van der Waals surface area contributed by atoms with Crippen LogP contribution < -0.4 is 10.2 Å². The highest BCUT2D eigenvalue weighted by Gasteiger charge is 2.27. The molecule has 1 N–H and O–H groups in total. The molecule has 1 fully saturated rings. The van der Waals surface area contributed by atoms with Gasteiger partial charge in [-0.1, -0.05) is 6.07 Å². The van der Waals surface area contributed by atoms with Gasteiger partial charge in [0.25, 0.3) is 0 Å². The number of carbonyl (C=O) groups excluding carboxylic acids is 2. The molecular weight excluding hydrogens is 228 g/mol. The Kier molecular flexibility index (Phi) is 2.88. The van der Waals surface area contributed by atoms with Crippen LogP contribution in [0.25, 0.3) is 0 Å². The molecule has 94 valence electrons. The second kappa shape index (κ2) is 4.53. The van der Waals surface area contributed by atoms with Gasteiger partial charge < -0.3 is 5.32 Å². The van der Waals surface area contributed by atoms with Crippen LogP contribution in [0.3, 0.4) is 0 Å². The molecule has 1 saturated heterocycles. The lowest BCUT2D eigenvalue weighted by Crippen LogP contribution is -2.40. The number of benzene rings is 1. The van der Waals surface area contributed by atoms with Crippen molar-refractivity contribution >= 4 is 17.5 Å². The summed E-state index contributed by atoms with van der Waals surface area (Å²) in [5, 5.41) is 3.31. The Hall–Kier alpha value is -1.68. The summed E-state index contributed by atoms with van der Waals surface area (Å²) in [7, 11) is 0. The molecular formula is C14H16N2O2. The minimum atomic E-state index is -0.0693. The van der Waals surface area contributed by atoms with E-state index in [9.17, 15) is 9.59 Å². The summed E-state index contributed by atoms with van der Waals surface area (Å²) >= 11 is 0. The van der Waals surface area contributed by atoms with Gasteiger partial charge in [0.15, 0.2) is 0 Å². The molecule has 2 heterocycles. The molecule has 2 aliphatic heterocycles. The van der Waals surface area contributed by atoms with Gasteiger partial charge >= 0.3 is 0 Å². The minimum absolute atomic E-state index is 0.0693. The Morgan fingerprint density at radius 2 is 1.78 bits per heavy atom. The Balaban J connectivity index is 1.96. The van der Waals surface area contributed by atoms with E-state index in [0.29, 0.717) is 19.3 Å². The van der Waals surface area contributed by atoms with Crippen molar-refractivity contribution in [1.29, 1.82) is 0 Å². The molecule has 0 radical (unpaired) electrons. The molecule has 0 saturated carbocycles. The van der Waals surface area contributed by atoms with Crippen molar-refractivity contribution in [3.8, 4) is 0 Å². The molecule has 2 amide bonds. The predicted octanol–water partition coefficient (Wildman–Crippen LogP) is 1.38. The molecule has 4 nitrogen and oxygen atoms in total. The average molecular weight is 244 g/mol. The maximum Gasteiger partial charge on any atom is 0.233 e. The van der Waals surface area contributed by atoms with E-state index in [1.165, 1.54) is 16.0 Å². The monoisotopic (exact) mass is 244 g/mol. The van der Waals surface area contributed by atoms with Gasteiger partial charge in [0, 0.05) is 19.4 Å². The summed E-state index contributed by atoms with van der Waals surface area (Å²) in [5.41, 5.74) is 3.25. The van der Waals surface area contributed by atoms with Crippen molar-refractivity contribution in [1.82, 2.24) is 5.32 Å². The second-order valence-corrected chi connectivity index (χ2v) is 4.86. The first-order valence-corrected chi connectivity index (χ1v) is 6.44. The van der Waals surface area contributed by atoms with Gasteiger partial charge in [-0.05, 0) is 42.6 Å². The van der Waals surface area contributed by atoms with Gasteiger partial charge in [-0.2, -0.15) is 0 Å². The lowest BCUT2D eigenvalue weighted by Gasteiger charge is -2.26. The van der Waals surface area contributed by atoms with Crippen LogP contribution >= 0.6 is 0 Å². The normalized spacial score (nSPS) is 19.9. The summed E-state index contributed by atoms with van der Waals surface area (Å²) in [6.07, 6.45) is 2.59. The molecule has 0 spiro atoms. The molecule has 3 rings (SSSR count). The van der Waals surface area contributed by atoms with Gasteiger partial charge in [0.1, 0.15) is 0 Å². The average Bonchev–Trinajstić information content (AvgIpc) is 2.38. The Labute approximate surface area is 106 Å². The van der Waals surface area contributed by atoms with Crippen LogP contribution in [0.15, 0.2) is 18.2 Å². The van der Waals surface area contributed by atoms with E-state index in [4.69, 9.17) is 0 Å². The fraction of sp³-hybridized carbons (Fsp3) is 0.429. The van der Waals surface area contributed by atoms with Crippen molar-refractivity contribution in [2.24, 2.45) is 0 Å². The van der Waals surface area contributed by atoms with E-state index in [0.717, 1.165) is 25.2 Å². The first kappa shape index (κ1) is 11.4. The third-order valence-corrected chi connectivity index (χ3v) is 3.61. The number of imide groups is 1. The highest BCUT2D eigenvalue weighted by Crippen LogP contribution is 2.25. The number of nitrogens with one attached hydrogen (secondary N) is 1. The fourth-order valence-electron chi connectivity index (χ4n) is 2.64. The lowest BCUT2D eigenvalue weighted by atomic mass is 9.99. The van der Waals surface area contributed by atoms with Crippen molar-refractivity contribution < 1.29 is 9.59 Å². The van der Waals surface area contributed by atoms with E-state index in [1.54, 1.807) is 0 Å². The first-order chi connectivity index (χ1) is 8.75. The quantitative estimate of drug-likeness (QED) is 0.759. The SMILES string of the molecule is O=C1CCCC(=O)N1c1ccc2c(c1)CCNC2. The van der Waals surface area contributed by atoms with Crippen LogP contribution in [-0.2, 0) is 22.6 Å². The molecule has 4 heteroatoms. The number of hydrogen-bond acceptors (Lipinski definition) is 3. The Morgan fingerprint density at radius 3 is 2.56 bits per heavy atom. The Bertz CT molecular complexity index is 495. The third-order valence-electron chi connectivity index (χ3n) is 3.61. The van der Waals surface area contributed by atoms with E-state index in [-0.39, 0.29) is 11.8 Å². The maximum absolute atomic E-state index is 11.9. The summed E-state index contributed by atoms with van der Waals surface area (Å²) < 4.78 is 0. The fourth-order valence-corrected chi connectivity index (χ4v) is 2.64. The molecule has 0 aliphatic carbocycles. The topological polar surface area (TPSA) is 49.4 Å². The number of fused-ring (bicyclic) bond motifs is 1. The van der Waals surface area contributed by atoms with Crippen molar-refractivity contribution in [2.45, 2.75) is 32.2 Å². The van der Waals surface area contributed by atoms with Crippen LogP contribution in [0, 0.1) is 0 Å². The van der Waals surface area contributed by atoms with Gasteiger partial charge in [-0.3, -0.25) is 14.5 Å². The predicted molar refractivity (Wildman–Crippen MR) is 68.2 cm³/mol. The summed E-state index contributed by atoms with van der Waals surface area (Å²) in [5.74, 6) is -0.139. The Morgan fingerprint density at radius 1 is 1.00 bits per heavy atom. The molecule has 2 aliphatic rings. The van der Waals surface area contributed by atoms with Crippen LogP contribution in [-0.4, -0.2) is 18.4 Å².